The Labute approximate surface area is 194 Å². The highest BCUT2D eigenvalue weighted by molar-refractivity contribution is 5.79. The molecular weight excluding hydrogens is 420 g/mol. The first-order chi connectivity index (χ1) is 15.9. The van der Waals surface area contributed by atoms with E-state index in [0.29, 0.717) is 19.3 Å². The standard InChI is InChI=1S/C26H32N2O5/c1-3-18(25(30)31)15-27-24(29)14-8-9-17(2)28-26(32)33-16-23-21-12-6-4-10-19(21)20-11-5-7-13-22(20)23/h4-7,10-13,17-18,23H,3,8-9,14-16H2,1-2H3,(H,27,29)(H,28,32)(H,30,31). The van der Waals surface area contributed by atoms with E-state index in [1.807, 2.05) is 31.2 Å². The predicted octanol–water partition coefficient (Wildman–Crippen LogP) is 4.31. The minimum atomic E-state index is -0.904. The van der Waals surface area contributed by atoms with Crippen molar-refractivity contribution in [1.82, 2.24) is 10.6 Å². The third kappa shape index (κ3) is 6.34. The fourth-order valence-corrected chi connectivity index (χ4v) is 4.21. The molecule has 0 saturated heterocycles. The van der Waals surface area contributed by atoms with E-state index in [-0.39, 0.29) is 37.4 Å². The molecule has 0 fully saturated rings. The van der Waals surface area contributed by atoms with Crippen LogP contribution < -0.4 is 10.6 Å². The Morgan fingerprint density at radius 1 is 1.03 bits per heavy atom. The zero-order chi connectivity index (χ0) is 23.8. The van der Waals surface area contributed by atoms with Crippen LogP contribution in [0.3, 0.4) is 0 Å². The SMILES string of the molecule is CCC(CNC(=O)CCCC(C)NC(=O)OCC1c2ccccc2-c2ccccc21)C(=O)O. The Balaban J connectivity index is 1.40. The molecule has 7 nitrogen and oxygen atoms in total. The molecule has 0 aromatic heterocycles. The average molecular weight is 453 g/mol. The van der Waals surface area contributed by atoms with Gasteiger partial charge in [-0.1, -0.05) is 55.5 Å². The molecule has 3 N–H and O–H groups in total. The summed E-state index contributed by atoms with van der Waals surface area (Å²) >= 11 is 0. The van der Waals surface area contributed by atoms with Gasteiger partial charge in [0, 0.05) is 24.9 Å². The minimum absolute atomic E-state index is 0.0138. The minimum Gasteiger partial charge on any atom is -0.481 e. The summed E-state index contributed by atoms with van der Waals surface area (Å²) in [6.45, 7) is 4.05. The van der Waals surface area contributed by atoms with Crippen LogP contribution in [0.15, 0.2) is 48.5 Å². The number of hydrogen-bond donors (Lipinski definition) is 3. The largest absolute Gasteiger partial charge is 0.481 e. The van der Waals surface area contributed by atoms with Crippen molar-refractivity contribution in [2.24, 2.45) is 5.92 Å². The first kappa shape index (κ1) is 24.3. The second-order valence-electron chi connectivity index (χ2n) is 8.51. The van der Waals surface area contributed by atoms with E-state index in [1.54, 1.807) is 6.92 Å². The van der Waals surface area contributed by atoms with Gasteiger partial charge >= 0.3 is 12.1 Å². The van der Waals surface area contributed by atoms with E-state index in [0.717, 1.165) is 0 Å². The number of rotatable bonds is 11. The third-order valence-corrected chi connectivity index (χ3v) is 6.14. The Morgan fingerprint density at radius 3 is 2.21 bits per heavy atom. The van der Waals surface area contributed by atoms with Crippen LogP contribution in [-0.2, 0) is 14.3 Å². The van der Waals surface area contributed by atoms with Crippen LogP contribution in [0.4, 0.5) is 4.79 Å². The number of benzene rings is 2. The molecule has 0 aliphatic heterocycles. The Bertz CT molecular complexity index is 945. The number of ether oxygens (including phenoxy) is 1. The molecule has 0 bridgehead atoms. The number of alkyl carbamates (subject to hydrolysis) is 1. The van der Waals surface area contributed by atoms with Crippen molar-refractivity contribution in [2.45, 2.75) is 51.5 Å². The summed E-state index contributed by atoms with van der Waals surface area (Å²) in [6.07, 6.45) is 1.48. The van der Waals surface area contributed by atoms with Gasteiger partial charge in [-0.15, -0.1) is 0 Å². The molecule has 176 valence electrons. The first-order valence-electron chi connectivity index (χ1n) is 11.5. The summed E-state index contributed by atoms with van der Waals surface area (Å²) in [5.74, 6) is -1.63. The molecule has 0 saturated carbocycles. The first-order valence-corrected chi connectivity index (χ1v) is 11.5. The average Bonchev–Trinajstić information content (AvgIpc) is 3.11. The number of amides is 2. The van der Waals surface area contributed by atoms with Gasteiger partial charge in [-0.25, -0.2) is 4.79 Å². The zero-order valence-corrected chi connectivity index (χ0v) is 19.2. The van der Waals surface area contributed by atoms with Gasteiger partial charge in [0.1, 0.15) is 6.61 Å². The monoisotopic (exact) mass is 452 g/mol. The highest BCUT2D eigenvalue weighted by atomic mass is 16.5. The molecule has 2 amide bonds. The Hall–Kier alpha value is -3.35. The number of carbonyl (C=O) groups is 3. The van der Waals surface area contributed by atoms with Gasteiger partial charge in [-0.3, -0.25) is 9.59 Å². The third-order valence-electron chi connectivity index (χ3n) is 6.14. The summed E-state index contributed by atoms with van der Waals surface area (Å²) in [5, 5.41) is 14.5. The van der Waals surface area contributed by atoms with Crippen molar-refractivity contribution in [3.05, 3.63) is 59.7 Å². The lowest BCUT2D eigenvalue weighted by atomic mass is 9.98. The molecular formula is C26H32N2O5. The number of hydrogen-bond acceptors (Lipinski definition) is 4. The van der Waals surface area contributed by atoms with Crippen LogP contribution in [0.2, 0.25) is 0 Å². The predicted molar refractivity (Wildman–Crippen MR) is 126 cm³/mol. The van der Waals surface area contributed by atoms with Gasteiger partial charge in [0.15, 0.2) is 0 Å². The number of aliphatic carboxylic acids is 1. The molecule has 0 spiro atoms. The van der Waals surface area contributed by atoms with Crippen LogP contribution in [-0.4, -0.2) is 42.3 Å². The molecule has 0 radical (unpaired) electrons. The van der Waals surface area contributed by atoms with Gasteiger partial charge in [0.2, 0.25) is 5.91 Å². The smallest absolute Gasteiger partial charge is 0.407 e. The van der Waals surface area contributed by atoms with E-state index >= 15 is 0 Å². The molecule has 2 unspecified atom stereocenters. The lowest BCUT2D eigenvalue weighted by molar-refractivity contribution is -0.141. The van der Waals surface area contributed by atoms with Crippen molar-refractivity contribution >= 4 is 18.0 Å². The molecule has 0 heterocycles. The topological polar surface area (TPSA) is 105 Å². The molecule has 2 atom stereocenters. The quantitative estimate of drug-likeness (QED) is 0.471. The summed E-state index contributed by atoms with van der Waals surface area (Å²) in [5.41, 5.74) is 4.70. The van der Waals surface area contributed by atoms with Crippen LogP contribution in [0, 0.1) is 5.92 Å². The lowest BCUT2D eigenvalue weighted by Crippen LogP contribution is -2.35. The van der Waals surface area contributed by atoms with E-state index in [1.165, 1.54) is 22.3 Å². The van der Waals surface area contributed by atoms with Crippen molar-refractivity contribution in [1.29, 1.82) is 0 Å². The molecule has 7 heteroatoms. The second kappa shape index (κ2) is 11.5. The van der Waals surface area contributed by atoms with Gasteiger partial charge in [0.05, 0.1) is 5.92 Å². The van der Waals surface area contributed by atoms with Gasteiger partial charge in [-0.2, -0.15) is 0 Å². The maximum Gasteiger partial charge on any atom is 0.407 e. The number of carboxylic acids is 1. The molecule has 2 aromatic rings. The Morgan fingerprint density at radius 2 is 1.64 bits per heavy atom. The summed E-state index contributed by atoms with van der Waals surface area (Å²) < 4.78 is 5.55. The normalized spacial score (nSPS) is 14.0. The fraction of sp³-hybridized carbons (Fsp3) is 0.423. The highest BCUT2D eigenvalue weighted by Crippen LogP contribution is 2.44. The number of carboxylic acid groups (broad SMARTS) is 1. The maximum absolute atomic E-state index is 12.3. The Kier molecular flexibility index (Phi) is 8.46. The molecule has 3 rings (SSSR count). The van der Waals surface area contributed by atoms with Crippen LogP contribution in [0.5, 0.6) is 0 Å². The fourth-order valence-electron chi connectivity index (χ4n) is 4.21. The van der Waals surface area contributed by atoms with Gasteiger partial charge < -0.3 is 20.5 Å². The lowest BCUT2D eigenvalue weighted by Gasteiger charge is -2.17. The van der Waals surface area contributed by atoms with E-state index < -0.39 is 18.0 Å². The van der Waals surface area contributed by atoms with Crippen molar-refractivity contribution in [2.75, 3.05) is 13.2 Å². The molecule has 1 aliphatic rings. The number of carbonyl (C=O) groups excluding carboxylic acids is 2. The van der Waals surface area contributed by atoms with Crippen molar-refractivity contribution < 1.29 is 24.2 Å². The van der Waals surface area contributed by atoms with Crippen LogP contribution >= 0.6 is 0 Å². The zero-order valence-electron chi connectivity index (χ0n) is 19.2. The van der Waals surface area contributed by atoms with Gasteiger partial charge in [0.25, 0.3) is 0 Å². The van der Waals surface area contributed by atoms with Crippen molar-refractivity contribution in [3.63, 3.8) is 0 Å². The number of nitrogens with one attached hydrogen (secondary N) is 2. The van der Waals surface area contributed by atoms with E-state index in [2.05, 4.69) is 34.9 Å². The van der Waals surface area contributed by atoms with Crippen LogP contribution in [0.25, 0.3) is 11.1 Å². The second-order valence-corrected chi connectivity index (χ2v) is 8.51. The van der Waals surface area contributed by atoms with E-state index in [9.17, 15) is 14.4 Å². The maximum atomic E-state index is 12.3. The van der Waals surface area contributed by atoms with Crippen molar-refractivity contribution in [3.8, 4) is 11.1 Å². The molecule has 33 heavy (non-hydrogen) atoms. The van der Waals surface area contributed by atoms with E-state index in [4.69, 9.17) is 9.84 Å². The van der Waals surface area contributed by atoms with Crippen LogP contribution in [0.1, 0.15) is 56.6 Å². The summed E-state index contributed by atoms with van der Waals surface area (Å²) in [6, 6.07) is 16.2. The molecule has 1 aliphatic carbocycles. The summed E-state index contributed by atoms with van der Waals surface area (Å²) in [4.78, 5) is 35.3. The number of fused-ring (bicyclic) bond motifs is 3. The molecule has 2 aromatic carbocycles. The highest BCUT2D eigenvalue weighted by Gasteiger charge is 2.29. The van der Waals surface area contributed by atoms with Gasteiger partial charge in [-0.05, 0) is 48.4 Å². The summed E-state index contributed by atoms with van der Waals surface area (Å²) in [7, 11) is 0.